The Morgan fingerprint density at radius 2 is 1.92 bits per heavy atom. The maximum atomic E-state index is 12.5. The van der Waals surface area contributed by atoms with Crippen LogP contribution in [0.5, 0.6) is 0 Å². The van der Waals surface area contributed by atoms with E-state index in [9.17, 15) is 9.18 Å². The molecule has 0 aliphatic carbocycles. The SMILES string of the molecule is O=Cc1ccc(N2CC(F)C2)cc1. The third-order valence-electron chi connectivity index (χ3n) is 2.23. The van der Waals surface area contributed by atoms with Crippen molar-refractivity contribution in [3.8, 4) is 0 Å². The van der Waals surface area contributed by atoms with E-state index in [-0.39, 0.29) is 0 Å². The number of alkyl halides is 1. The first kappa shape index (κ1) is 8.23. The Labute approximate surface area is 76.0 Å². The van der Waals surface area contributed by atoms with Crippen LogP contribution in [-0.2, 0) is 0 Å². The lowest BCUT2D eigenvalue weighted by Crippen LogP contribution is -2.48. The van der Waals surface area contributed by atoms with Gasteiger partial charge in [0.25, 0.3) is 0 Å². The minimum Gasteiger partial charge on any atom is -0.366 e. The maximum absolute atomic E-state index is 12.5. The highest BCUT2D eigenvalue weighted by Crippen LogP contribution is 2.22. The van der Waals surface area contributed by atoms with Gasteiger partial charge in [0, 0.05) is 11.3 Å². The summed E-state index contributed by atoms with van der Waals surface area (Å²) in [5.74, 6) is 0. The fourth-order valence-electron chi connectivity index (χ4n) is 1.40. The van der Waals surface area contributed by atoms with E-state index >= 15 is 0 Å². The molecule has 1 aromatic carbocycles. The highest BCUT2D eigenvalue weighted by Gasteiger charge is 2.25. The molecule has 68 valence electrons. The zero-order valence-electron chi connectivity index (χ0n) is 7.11. The van der Waals surface area contributed by atoms with Gasteiger partial charge in [-0.1, -0.05) is 0 Å². The summed E-state index contributed by atoms with van der Waals surface area (Å²) in [7, 11) is 0. The molecule has 0 saturated carbocycles. The van der Waals surface area contributed by atoms with Gasteiger partial charge in [-0.25, -0.2) is 4.39 Å². The number of carbonyl (C=O) groups is 1. The highest BCUT2D eigenvalue weighted by molar-refractivity contribution is 5.75. The summed E-state index contributed by atoms with van der Waals surface area (Å²) in [5, 5.41) is 0. The molecule has 1 aromatic rings. The van der Waals surface area contributed by atoms with Gasteiger partial charge in [0.05, 0.1) is 13.1 Å². The van der Waals surface area contributed by atoms with Crippen LogP contribution in [0, 0.1) is 0 Å². The minimum absolute atomic E-state index is 0.473. The summed E-state index contributed by atoms with van der Waals surface area (Å²) in [5.41, 5.74) is 1.64. The quantitative estimate of drug-likeness (QED) is 0.643. The normalized spacial score (nSPS) is 16.8. The first-order chi connectivity index (χ1) is 6.29. The molecule has 1 heterocycles. The van der Waals surface area contributed by atoms with Crippen LogP contribution in [0.1, 0.15) is 10.4 Å². The van der Waals surface area contributed by atoms with E-state index in [4.69, 9.17) is 0 Å². The van der Waals surface area contributed by atoms with Gasteiger partial charge in [-0.3, -0.25) is 4.79 Å². The third kappa shape index (κ3) is 1.54. The molecule has 0 spiro atoms. The smallest absolute Gasteiger partial charge is 0.150 e. The third-order valence-corrected chi connectivity index (χ3v) is 2.23. The first-order valence-corrected chi connectivity index (χ1v) is 4.24. The van der Waals surface area contributed by atoms with Crippen molar-refractivity contribution in [3.05, 3.63) is 29.8 Å². The summed E-state index contributed by atoms with van der Waals surface area (Å²) in [4.78, 5) is 12.3. The molecular formula is C10H10FNO. The number of hydrogen-bond acceptors (Lipinski definition) is 2. The first-order valence-electron chi connectivity index (χ1n) is 4.24. The molecule has 1 aliphatic heterocycles. The van der Waals surface area contributed by atoms with Gasteiger partial charge in [0.2, 0.25) is 0 Å². The fourth-order valence-corrected chi connectivity index (χ4v) is 1.40. The van der Waals surface area contributed by atoms with Crippen LogP contribution < -0.4 is 4.90 Å². The Bertz CT molecular complexity index is 303. The van der Waals surface area contributed by atoms with Gasteiger partial charge in [0.1, 0.15) is 12.5 Å². The number of rotatable bonds is 2. The molecule has 3 heteroatoms. The second kappa shape index (κ2) is 3.17. The number of aldehydes is 1. The number of carbonyl (C=O) groups excluding carboxylic acids is 1. The fraction of sp³-hybridized carbons (Fsp3) is 0.300. The van der Waals surface area contributed by atoms with Crippen molar-refractivity contribution >= 4 is 12.0 Å². The van der Waals surface area contributed by atoms with Crippen LogP contribution in [0.4, 0.5) is 10.1 Å². The van der Waals surface area contributed by atoms with E-state index in [0.29, 0.717) is 18.7 Å². The lowest BCUT2D eigenvalue weighted by Gasteiger charge is -2.36. The van der Waals surface area contributed by atoms with Crippen molar-refractivity contribution in [1.82, 2.24) is 0 Å². The van der Waals surface area contributed by atoms with Gasteiger partial charge in [-0.05, 0) is 24.3 Å². The van der Waals surface area contributed by atoms with E-state index in [1.807, 2.05) is 17.0 Å². The zero-order chi connectivity index (χ0) is 9.26. The number of anilines is 1. The maximum Gasteiger partial charge on any atom is 0.150 e. The van der Waals surface area contributed by atoms with E-state index < -0.39 is 6.17 Å². The molecule has 0 unspecified atom stereocenters. The molecule has 0 bridgehead atoms. The van der Waals surface area contributed by atoms with Crippen molar-refractivity contribution in [2.45, 2.75) is 6.17 Å². The van der Waals surface area contributed by atoms with Gasteiger partial charge >= 0.3 is 0 Å². The average Bonchev–Trinajstić information content (AvgIpc) is 2.13. The second-order valence-corrected chi connectivity index (χ2v) is 3.21. The Kier molecular flexibility index (Phi) is 2.00. The summed E-state index contributed by atoms with van der Waals surface area (Å²) in [6, 6.07) is 7.17. The molecule has 1 fully saturated rings. The Balaban J connectivity index is 2.10. The molecule has 1 saturated heterocycles. The molecule has 0 amide bonds. The van der Waals surface area contributed by atoms with Gasteiger partial charge < -0.3 is 4.90 Å². The van der Waals surface area contributed by atoms with Crippen molar-refractivity contribution < 1.29 is 9.18 Å². The standard InChI is InChI=1S/C10H10FNO/c11-9-5-12(6-9)10-3-1-8(7-13)2-4-10/h1-4,7,9H,5-6H2. The van der Waals surface area contributed by atoms with Gasteiger partial charge in [-0.15, -0.1) is 0 Å². The molecular weight excluding hydrogens is 169 g/mol. The lowest BCUT2D eigenvalue weighted by atomic mass is 10.1. The van der Waals surface area contributed by atoms with Gasteiger partial charge in [0.15, 0.2) is 0 Å². The van der Waals surface area contributed by atoms with Crippen LogP contribution in [0.3, 0.4) is 0 Å². The Hall–Kier alpha value is -1.38. The Morgan fingerprint density at radius 1 is 1.31 bits per heavy atom. The van der Waals surface area contributed by atoms with Crippen molar-refractivity contribution in [3.63, 3.8) is 0 Å². The average molecular weight is 179 g/mol. The van der Waals surface area contributed by atoms with Crippen LogP contribution >= 0.6 is 0 Å². The van der Waals surface area contributed by atoms with Crippen molar-refractivity contribution in [2.75, 3.05) is 18.0 Å². The zero-order valence-corrected chi connectivity index (χ0v) is 7.11. The molecule has 1 aliphatic rings. The van der Waals surface area contributed by atoms with E-state index in [0.717, 1.165) is 12.0 Å². The van der Waals surface area contributed by atoms with E-state index in [2.05, 4.69) is 0 Å². The van der Waals surface area contributed by atoms with Crippen molar-refractivity contribution in [1.29, 1.82) is 0 Å². The molecule has 2 nitrogen and oxygen atoms in total. The molecule has 2 rings (SSSR count). The van der Waals surface area contributed by atoms with E-state index in [1.165, 1.54) is 0 Å². The summed E-state index contributed by atoms with van der Waals surface area (Å²) in [6.45, 7) is 0.945. The molecule has 0 aromatic heterocycles. The predicted octanol–water partition coefficient (Wildman–Crippen LogP) is 1.66. The van der Waals surface area contributed by atoms with Crippen molar-refractivity contribution in [2.24, 2.45) is 0 Å². The molecule has 0 atom stereocenters. The molecule has 0 N–H and O–H groups in total. The van der Waals surface area contributed by atoms with Crippen LogP contribution in [0.25, 0.3) is 0 Å². The second-order valence-electron chi connectivity index (χ2n) is 3.21. The number of halogens is 1. The monoisotopic (exact) mass is 179 g/mol. The van der Waals surface area contributed by atoms with Crippen LogP contribution in [0.15, 0.2) is 24.3 Å². The molecule has 0 radical (unpaired) electrons. The lowest BCUT2D eigenvalue weighted by molar-refractivity contribution is 0.112. The molecule has 13 heavy (non-hydrogen) atoms. The summed E-state index contributed by atoms with van der Waals surface area (Å²) >= 11 is 0. The predicted molar refractivity (Wildman–Crippen MR) is 48.9 cm³/mol. The minimum atomic E-state index is -0.689. The number of nitrogens with zero attached hydrogens (tertiary/aromatic N) is 1. The van der Waals surface area contributed by atoms with Gasteiger partial charge in [-0.2, -0.15) is 0 Å². The van der Waals surface area contributed by atoms with E-state index in [1.54, 1.807) is 12.1 Å². The Morgan fingerprint density at radius 3 is 2.38 bits per heavy atom. The number of hydrogen-bond donors (Lipinski definition) is 0. The largest absolute Gasteiger partial charge is 0.366 e. The highest BCUT2D eigenvalue weighted by atomic mass is 19.1. The number of benzene rings is 1. The summed E-state index contributed by atoms with van der Waals surface area (Å²) in [6.07, 6.45) is 0.114. The van der Waals surface area contributed by atoms with Crippen LogP contribution in [-0.4, -0.2) is 25.5 Å². The van der Waals surface area contributed by atoms with Crippen LogP contribution in [0.2, 0.25) is 0 Å². The summed E-state index contributed by atoms with van der Waals surface area (Å²) < 4.78 is 12.5. The topological polar surface area (TPSA) is 20.3 Å².